The van der Waals surface area contributed by atoms with E-state index in [0.29, 0.717) is 35.2 Å². The molecule has 1 unspecified atom stereocenters. The molecular formula is C20H20N2O5S. The number of hydrogen-bond acceptors (Lipinski definition) is 7. The van der Waals surface area contributed by atoms with Gasteiger partial charge in [0, 0.05) is 21.9 Å². The van der Waals surface area contributed by atoms with Crippen LogP contribution >= 0.6 is 11.3 Å². The van der Waals surface area contributed by atoms with Crippen molar-refractivity contribution in [3.63, 3.8) is 0 Å². The fourth-order valence-electron chi connectivity index (χ4n) is 3.46. The van der Waals surface area contributed by atoms with Gasteiger partial charge in [-0.3, -0.25) is 14.9 Å². The van der Waals surface area contributed by atoms with Gasteiger partial charge in [0.1, 0.15) is 17.3 Å². The molecule has 1 amide bonds. The first-order valence-electron chi connectivity index (χ1n) is 9.06. The van der Waals surface area contributed by atoms with Crippen molar-refractivity contribution in [2.24, 2.45) is 0 Å². The minimum absolute atomic E-state index is 0.237. The molecule has 0 spiro atoms. The van der Waals surface area contributed by atoms with Crippen molar-refractivity contribution in [3.8, 4) is 5.75 Å². The van der Waals surface area contributed by atoms with Gasteiger partial charge >= 0.3 is 5.97 Å². The molecule has 0 aliphatic heterocycles. The number of esters is 1. The largest absolute Gasteiger partial charge is 0.497 e. The van der Waals surface area contributed by atoms with Crippen LogP contribution in [0.4, 0.5) is 5.13 Å². The monoisotopic (exact) mass is 400 g/mol. The third-order valence-electron chi connectivity index (χ3n) is 4.86. The topological polar surface area (TPSA) is 90.7 Å². The maximum absolute atomic E-state index is 12.7. The molecule has 0 radical (unpaired) electrons. The van der Waals surface area contributed by atoms with E-state index in [1.165, 1.54) is 11.3 Å². The second-order valence-electron chi connectivity index (χ2n) is 6.54. The summed E-state index contributed by atoms with van der Waals surface area (Å²) in [5.41, 5.74) is 2.06. The van der Waals surface area contributed by atoms with Gasteiger partial charge in [-0.15, -0.1) is 11.3 Å². The summed E-state index contributed by atoms with van der Waals surface area (Å²) in [6.45, 7) is 3.96. The Hall–Kier alpha value is -2.87. The van der Waals surface area contributed by atoms with Gasteiger partial charge in [-0.05, 0) is 38.8 Å². The number of nitrogens with one attached hydrogen (secondary N) is 1. The number of ether oxygens (including phenoxy) is 2. The molecule has 0 bridgehead atoms. The number of anilines is 1. The van der Waals surface area contributed by atoms with Gasteiger partial charge in [-0.1, -0.05) is 0 Å². The van der Waals surface area contributed by atoms with Crippen LogP contribution in [0, 0.1) is 6.92 Å². The Morgan fingerprint density at radius 2 is 2.21 bits per heavy atom. The highest BCUT2D eigenvalue weighted by molar-refractivity contribution is 7.16. The first-order valence-corrected chi connectivity index (χ1v) is 9.88. The summed E-state index contributed by atoms with van der Waals surface area (Å²) in [7, 11) is 1.58. The van der Waals surface area contributed by atoms with Crippen LogP contribution in [-0.4, -0.2) is 30.6 Å². The van der Waals surface area contributed by atoms with Crippen LogP contribution in [0.2, 0.25) is 0 Å². The van der Waals surface area contributed by atoms with Crippen LogP contribution in [-0.2, 0) is 16.0 Å². The molecule has 2 heterocycles. The van der Waals surface area contributed by atoms with E-state index < -0.39 is 0 Å². The number of carbonyl (C=O) groups is 2. The van der Waals surface area contributed by atoms with E-state index in [9.17, 15) is 9.59 Å². The number of fused-ring (bicyclic) bond motifs is 2. The number of carbonyl (C=O) groups excluding carboxylic acids is 2. The summed E-state index contributed by atoms with van der Waals surface area (Å²) in [5, 5.41) is 4.12. The Kier molecular flexibility index (Phi) is 4.80. The number of benzene rings is 1. The zero-order chi connectivity index (χ0) is 19.8. The fraction of sp³-hybridized carbons (Fsp3) is 0.350. The molecule has 1 N–H and O–H groups in total. The Morgan fingerprint density at radius 1 is 1.39 bits per heavy atom. The Balaban J connectivity index is 1.57. The summed E-state index contributed by atoms with van der Waals surface area (Å²) in [4.78, 5) is 30.3. The summed E-state index contributed by atoms with van der Waals surface area (Å²) >= 11 is 1.39. The van der Waals surface area contributed by atoms with Crippen LogP contribution in [0.3, 0.4) is 0 Å². The highest BCUT2D eigenvalue weighted by Crippen LogP contribution is 2.39. The predicted octanol–water partition coefficient (Wildman–Crippen LogP) is 4.05. The zero-order valence-electron chi connectivity index (χ0n) is 15.8. The number of rotatable bonds is 5. The van der Waals surface area contributed by atoms with E-state index in [0.717, 1.165) is 22.2 Å². The molecule has 2 aromatic heterocycles. The number of methoxy groups -OCH3 is 1. The molecule has 1 aliphatic carbocycles. The van der Waals surface area contributed by atoms with Crippen LogP contribution in [0.25, 0.3) is 11.0 Å². The van der Waals surface area contributed by atoms with Crippen molar-refractivity contribution in [1.82, 2.24) is 4.98 Å². The highest BCUT2D eigenvalue weighted by Gasteiger charge is 2.34. The highest BCUT2D eigenvalue weighted by atomic mass is 32.1. The lowest BCUT2D eigenvalue weighted by atomic mass is 10.1. The van der Waals surface area contributed by atoms with Crippen molar-refractivity contribution in [1.29, 1.82) is 0 Å². The molecule has 4 rings (SSSR count). The third-order valence-corrected chi connectivity index (χ3v) is 5.91. The van der Waals surface area contributed by atoms with Gasteiger partial charge in [-0.2, -0.15) is 0 Å². The van der Waals surface area contributed by atoms with Crippen molar-refractivity contribution in [2.75, 3.05) is 19.0 Å². The van der Waals surface area contributed by atoms with Crippen molar-refractivity contribution in [3.05, 3.63) is 40.1 Å². The van der Waals surface area contributed by atoms with E-state index >= 15 is 0 Å². The van der Waals surface area contributed by atoms with E-state index in [2.05, 4.69) is 10.3 Å². The molecule has 0 saturated heterocycles. The lowest BCUT2D eigenvalue weighted by Gasteiger charge is -2.07. The third kappa shape index (κ3) is 3.13. The number of aromatic nitrogens is 1. The fourth-order valence-corrected chi connectivity index (χ4v) is 4.49. The molecule has 7 nitrogen and oxygen atoms in total. The molecule has 146 valence electrons. The Labute approximate surface area is 165 Å². The summed E-state index contributed by atoms with van der Waals surface area (Å²) in [6, 6.07) is 5.44. The molecule has 1 atom stereocenters. The molecule has 1 aliphatic rings. The van der Waals surface area contributed by atoms with Gasteiger partial charge in [-0.25, -0.2) is 4.98 Å². The Bertz CT molecular complexity index is 1070. The average molecular weight is 400 g/mol. The van der Waals surface area contributed by atoms with Crippen LogP contribution < -0.4 is 10.1 Å². The maximum atomic E-state index is 12.7. The number of nitrogens with zero attached hydrogens (tertiary/aromatic N) is 1. The van der Waals surface area contributed by atoms with Gasteiger partial charge in [0.15, 0.2) is 10.9 Å². The molecule has 28 heavy (non-hydrogen) atoms. The quantitative estimate of drug-likeness (QED) is 0.650. The standard InChI is InChI=1S/C20H20N2O5S/c1-4-26-19(24)13-7-8-15-16(13)21-20(28-15)22-18(23)17-10(2)12-6-5-11(25-3)9-14(12)27-17/h5-6,9,13H,4,7-8H2,1-3H3,(H,21,22,23). The summed E-state index contributed by atoms with van der Waals surface area (Å²) in [5.74, 6) is -0.0772. The number of thiazole rings is 1. The summed E-state index contributed by atoms with van der Waals surface area (Å²) in [6.07, 6.45) is 1.46. The van der Waals surface area contributed by atoms with Crippen LogP contribution in [0.15, 0.2) is 22.6 Å². The smallest absolute Gasteiger partial charge is 0.315 e. The first kappa shape index (κ1) is 18.5. The molecular weight excluding hydrogens is 380 g/mol. The maximum Gasteiger partial charge on any atom is 0.315 e. The van der Waals surface area contributed by atoms with Gasteiger partial charge in [0.05, 0.1) is 19.4 Å². The predicted molar refractivity (Wildman–Crippen MR) is 105 cm³/mol. The zero-order valence-corrected chi connectivity index (χ0v) is 16.6. The molecule has 8 heteroatoms. The SMILES string of the molecule is CCOC(=O)C1CCc2sc(NC(=O)c3oc4cc(OC)ccc4c3C)nc21. The Morgan fingerprint density at radius 3 is 2.96 bits per heavy atom. The molecule has 0 fully saturated rings. The van der Waals surface area contributed by atoms with Crippen molar-refractivity contribution < 1.29 is 23.5 Å². The van der Waals surface area contributed by atoms with Crippen molar-refractivity contribution >= 4 is 39.3 Å². The van der Waals surface area contributed by atoms with Gasteiger partial charge in [0.2, 0.25) is 0 Å². The summed E-state index contributed by atoms with van der Waals surface area (Å²) < 4.78 is 16.1. The first-order chi connectivity index (χ1) is 13.5. The minimum Gasteiger partial charge on any atom is -0.497 e. The second-order valence-corrected chi connectivity index (χ2v) is 7.63. The second kappa shape index (κ2) is 7.27. The van der Waals surface area contributed by atoms with E-state index in [1.54, 1.807) is 20.1 Å². The lowest BCUT2D eigenvalue weighted by Crippen LogP contribution is -2.15. The molecule has 3 aromatic rings. The van der Waals surface area contributed by atoms with E-state index in [1.807, 2.05) is 19.1 Å². The minimum atomic E-state index is -0.368. The number of furan rings is 1. The van der Waals surface area contributed by atoms with E-state index in [-0.39, 0.29) is 23.6 Å². The van der Waals surface area contributed by atoms with Crippen LogP contribution in [0.1, 0.15) is 46.0 Å². The van der Waals surface area contributed by atoms with Gasteiger partial charge < -0.3 is 13.9 Å². The van der Waals surface area contributed by atoms with E-state index in [4.69, 9.17) is 13.9 Å². The van der Waals surface area contributed by atoms with Crippen molar-refractivity contribution in [2.45, 2.75) is 32.6 Å². The molecule has 1 aromatic carbocycles. The van der Waals surface area contributed by atoms with Crippen LogP contribution in [0.5, 0.6) is 5.75 Å². The number of amides is 1. The number of hydrogen-bond donors (Lipinski definition) is 1. The normalized spacial score (nSPS) is 15.5. The van der Waals surface area contributed by atoms with Gasteiger partial charge in [0.25, 0.3) is 5.91 Å². The lowest BCUT2D eigenvalue weighted by molar-refractivity contribution is -0.145. The molecule has 0 saturated carbocycles. The number of aryl methyl sites for hydroxylation is 2. The average Bonchev–Trinajstić information content (AvgIpc) is 3.34.